The number of nitrogens with one attached hydrogen (secondary N) is 2. The van der Waals surface area contributed by atoms with Crippen molar-refractivity contribution in [3.05, 3.63) is 59.3 Å². The molecule has 27 heavy (non-hydrogen) atoms. The molecule has 0 saturated carbocycles. The van der Waals surface area contributed by atoms with Gasteiger partial charge in [0.1, 0.15) is 5.76 Å². The summed E-state index contributed by atoms with van der Waals surface area (Å²) in [4.78, 5) is 11.4. The number of benzene rings is 1. The number of hydrogen-bond donors (Lipinski definition) is 2. The lowest BCUT2D eigenvalue weighted by molar-refractivity contribution is 0.463. The van der Waals surface area contributed by atoms with E-state index in [0.717, 1.165) is 37.0 Å². The van der Waals surface area contributed by atoms with Crippen LogP contribution in [0.1, 0.15) is 29.8 Å². The SMILES string of the molecule is CCNC(=NCc1cccc(N2CC=CC2)c1)NCc1nc(C)c(C)o1.I. The third-order valence-corrected chi connectivity index (χ3v) is 4.34. The minimum atomic E-state index is 0. The molecule has 1 aromatic carbocycles. The zero-order valence-electron chi connectivity index (χ0n) is 16.2. The fourth-order valence-electron chi connectivity index (χ4n) is 2.83. The monoisotopic (exact) mass is 481 g/mol. The first kappa shape index (κ1) is 21.3. The lowest BCUT2D eigenvalue weighted by atomic mass is 10.2. The van der Waals surface area contributed by atoms with Gasteiger partial charge in [0.05, 0.1) is 18.8 Å². The quantitative estimate of drug-likeness (QED) is 0.286. The van der Waals surface area contributed by atoms with Crippen LogP contribution in [0.2, 0.25) is 0 Å². The van der Waals surface area contributed by atoms with Gasteiger partial charge in [-0.25, -0.2) is 9.98 Å². The normalized spacial score (nSPS) is 13.6. The van der Waals surface area contributed by atoms with Crippen LogP contribution in [-0.2, 0) is 13.1 Å². The lowest BCUT2D eigenvalue weighted by Gasteiger charge is -2.18. The molecule has 0 fully saturated rings. The van der Waals surface area contributed by atoms with Crippen molar-refractivity contribution >= 4 is 35.6 Å². The Balaban J connectivity index is 0.00000261. The number of aromatic nitrogens is 1. The molecule has 0 saturated heterocycles. The van der Waals surface area contributed by atoms with Gasteiger partial charge in [0.25, 0.3) is 0 Å². The number of halogens is 1. The maximum absolute atomic E-state index is 5.61. The summed E-state index contributed by atoms with van der Waals surface area (Å²) in [6, 6.07) is 8.57. The van der Waals surface area contributed by atoms with Gasteiger partial charge in [-0.2, -0.15) is 0 Å². The summed E-state index contributed by atoms with van der Waals surface area (Å²) >= 11 is 0. The van der Waals surface area contributed by atoms with Gasteiger partial charge in [-0.05, 0) is 38.5 Å². The summed E-state index contributed by atoms with van der Waals surface area (Å²) in [5.74, 6) is 2.29. The van der Waals surface area contributed by atoms with E-state index in [-0.39, 0.29) is 24.0 Å². The smallest absolute Gasteiger partial charge is 0.214 e. The fraction of sp³-hybridized carbons (Fsp3) is 0.400. The summed E-state index contributed by atoms with van der Waals surface area (Å²) < 4.78 is 5.61. The van der Waals surface area contributed by atoms with Crippen molar-refractivity contribution < 1.29 is 4.42 Å². The highest BCUT2D eigenvalue weighted by Gasteiger charge is 2.09. The van der Waals surface area contributed by atoms with Crippen LogP contribution in [0, 0.1) is 13.8 Å². The third kappa shape index (κ3) is 5.98. The highest BCUT2D eigenvalue weighted by atomic mass is 127. The zero-order valence-corrected chi connectivity index (χ0v) is 18.5. The molecule has 0 aliphatic carbocycles. The van der Waals surface area contributed by atoms with Crippen LogP contribution in [-0.4, -0.2) is 30.6 Å². The number of oxazole rings is 1. The highest BCUT2D eigenvalue weighted by molar-refractivity contribution is 14.0. The van der Waals surface area contributed by atoms with E-state index >= 15 is 0 Å². The Bertz CT molecular complexity index is 772. The van der Waals surface area contributed by atoms with E-state index in [9.17, 15) is 0 Å². The van der Waals surface area contributed by atoms with Crippen LogP contribution in [0.25, 0.3) is 0 Å². The summed E-state index contributed by atoms with van der Waals surface area (Å²) in [5.41, 5.74) is 3.36. The second kappa shape index (κ2) is 10.3. The van der Waals surface area contributed by atoms with Gasteiger partial charge in [-0.15, -0.1) is 24.0 Å². The van der Waals surface area contributed by atoms with E-state index in [1.54, 1.807) is 0 Å². The van der Waals surface area contributed by atoms with Crippen molar-refractivity contribution in [3.63, 3.8) is 0 Å². The van der Waals surface area contributed by atoms with Crippen molar-refractivity contribution in [1.29, 1.82) is 0 Å². The van der Waals surface area contributed by atoms with Crippen LogP contribution < -0.4 is 15.5 Å². The highest BCUT2D eigenvalue weighted by Crippen LogP contribution is 2.19. The molecule has 1 aromatic heterocycles. The maximum atomic E-state index is 5.61. The predicted octanol–water partition coefficient (Wildman–Crippen LogP) is 3.54. The van der Waals surface area contributed by atoms with E-state index in [1.807, 2.05) is 13.8 Å². The molecule has 3 rings (SSSR count). The molecule has 0 radical (unpaired) electrons. The van der Waals surface area contributed by atoms with Gasteiger partial charge in [0.2, 0.25) is 5.89 Å². The first-order chi connectivity index (χ1) is 12.7. The molecule has 0 spiro atoms. The van der Waals surface area contributed by atoms with Gasteiger partial charge in [-0.1, -0.05) is 24.3 Å². The number of aryl methyl sites for hydroxylation is 2. The Morgan fingerprint density at radius 1 is 1.22 bits per heavy atom. The van der Waals surface area contributed by atoms with Crippen molar-refractivity contribution in [3.8, 4) is 0 Å². The van der Waals surface area contributed by atoms with Crippen molar-refractivity contribution in [2.45, 2.75) is 33.9 Å². The molecule has 0 unspecified atom stereocenters. The summed E-state index contributed by atoms with van der Waals surface area (Å²) in [6.07, 6.45) is 4.40. The molecule has 6 nitrogen and oxygen atoms in total. The molecule has 2 N–H and O–H groups in total. The largest absolute Gasteiger partial charge is 0.444 e. The minimum absolute atomic E-state index is 0. The molecule has 7 heteroatoms. The topological polar surface area (TPSA) is 65.7 Å². The van der Waals surface area contributed by atoms with Gasteiger partial charge >= 0.3 is 0 Å². The van der Waals surface area contributed by atoms with Crippen LogP contribution in [0.5, 0.6) is 0 Å². The Kier molecular flexibility index (Phi) is 8.15. The maximum Gasteiger partial charge on any atom is 0.214 e. The number of rotatable bonds is 6. The molecular formula is C20H28IN5O. The first-order valence-corrected chi connectivity index (χ1v) is 9.09. The van der Waals surface area contributed by atoms with Crippen LogP contribution in [0.3, 0.4) is 0 Å². The number of nitrogens with zero attached hydrogens (tertiary/aromatic N) is 3. The van der Waals surface area contributed by atoms with E-state index < -0.39 is 0 Å². The predicted molar refractivity (Wildman–Crippen MR) is 121 cm³/mol. The molecule has 1 aliphatic rings. The van der Waals surface area contributed by atoms with Gasteiger partial charge < -0.3 is 20.0 Å². The minimum Gasteiger partial charge on any atom is -0.444 e. The lowest BCUT2D eigenvalue weighted by Crippen LogP contribution is -2.36. The molecule has 1 aliphatic heterocycles. The second-order valence-corrected chi connectivity index (χ2v) is 6.34. The Morgan fingerprint density at radius 3 is 2.67 bits per heavy atom. The Labute approximate surface area is 178 Å². The Morgan fingerprint density at radius 2 is 2.00 bits per heavy atom. The standard InChI is InChI=1S/C20H27N5O.HI/c1-4-21-20(23-14-19-24-15(2)16(3)26-19)22-13-17-8-7-9-18(12-17)25-10-5-6-11-25;/h5-9,12H,4,10-11,13-14H2,1-3H3,(H2,21,22,23);1H. The summed E-state index contributed by atoms with van der Waals surface area (Å²) in [5, 5.41) is 6.54. The number of anilines is 1. The number of aliphatic imine (C=N–C) groups is 1. The van der Waals surface area contributed by atoms with Gasteiger partial charge in [0, 0.05) is 25.3 Å². The second-order valence-electron chi connectivity index (χ2n) is 6.34. The summed E-state index contributed by atoms with van der Waals surface area (Å²) in [7, 11) is 0. The van der Waals surface area contributed by atoms with Crippen molar-refractivity contribution in [2.24, 2.45) is 4.99 Å². The van der Waals surface area contributed by atoms with Crippen LogP contribution >= 0.6 is 24.0 Å². The van der Waals surface area contributed by atoms with Gasteiger partial charge in [0.15, 0.2) is 5.96 Å². The van der Waals surface area contributed by atoms with E-state index in [0.29, 0.717) is 19.0 Å². The molecule has 146 valence electrons. The molecular weight excluding hydrogens is 453 g/mol. The van der Waals surface area contributed by atoms with E-state index in [1.165, 1.54) is 11.3 Å². The van der Waals surface area contributed by atoms with Gasteiger partial charge in [-0.3, -0.25) is 0 Å². The molecule has 0 bridgehead atoms. The average Bonchev–Trinajstić information content (AvgIpc) is 3.28. The van der Waals surface area contributed by atoms with E-state index in [2.05, 4.69) is 68.9 Å². The van der Waals surface area contributed by atoms with Crippen LogP contribution in [0.15, 0.2) is 45.8 Å². The molecule has 0 amide bonds. The molecule has 0 atom stereocenters. The van der Waals surface area contributed by atoms with Crippen molar-refractivity contribution in [1.82, 2.24) is 15.6 Å². The average molecular weight is 481 g/mol. The Hall–Kier alpha value is -2.03. The summed E-state index contributed by atoms with van der Waals surface area (Å²) in [6.45, 7) is 9.82. The van der Waals surface area contributed by atoms with Crippen molar-refractivity contribution in [2.75, 3.05) is 24.5 Å². The van der Waals surface area contributed by atoms with Crippen LogP contribution in [0.4, 0.5) is 5.69 Å². The number of guanidine groups is 1. The fourth-order valence-corrected chi connectivity index (χ4v) is 2.83. The zero-order chi connectivity index (χ0) is 18.4. The van der Waals surface area contributed by atoms with E-state index in [4.69, 9.17) is 4.42 Å². The first-order valence-electron chi connectivity index (χ1n) is 9.09. The molecule has 2 aromatic rings. The third-order valence-electron chi connectivity index (χ3n) is 4.34. The molecule has 2 heterocycles. The number of hydrogen-bond acceptors (Lipinski definition) is 4.